The van der Waals surface area contributed by atoms with Crippen LogP contribution in [-0.2, 0) is 14.4 Å². The summed E-state index contributed by atoms with van der Waals surface area (Å²) in [6.07, 6.45) is 0.757. The third-order valence-electron chi connectivity index (χ3n) is 4.72. The Morgan fingerprint density at radius 1 is 1.04 bits per heavy atom. The van der Waals surface area contributed by atoms with E-state index in [1.54, 1.807) is 12.1 Å². The molecule has 6 heteroatoms. The Bertz CT molecular complexity index is 844. The Balaban J connectivity index is 1.82. The molecule has 1 fully saturated rings. The van der Waals surface area contributed by atoms with Crippen LogP contribution in [0.2, 0.25) is 0 Å². The lowest BCUT2D eigenvalue weighted by Crippen LogP contribution is -2.46. The number of hydrogen-bond acceptors (Lipinski definition) is 3. The van der Waals surface area contributed by atoms with Crippen molar-refractivity contribution >= 4 is 23.4 Å². The Morgan fingerprint density at radius 2 is 1.70 bits per heavy atom. The van der Waals surface area contributed by atoms with Crippen LogP contribution in [0.1, 0.15) is 35.6 Å². The van der Waals surface area contributed by atoms with Crippen molar-refractivity contribution in [1.29, 1.82) is 0 Å². The normalized spacial score (nSPS) is 17.1. The molecule has 0 unspecified atom stereocenters. The minimum Gasteiger partial charge on any atom is -0.344 e. The van der Waals surface area contributed by atoms with Crippen LogP contribution in [-0.4, -0.2) is 23.8 Å². The van der Waals surface area contributed by atoms with E-state index in [0.29, 0.717) is 18.4 Å². The van der Waals surface area contributed by atoms with E-state index in [0.717, 1.165) is 16.8 Å². The van der Waals surface area contributed by atoms with E-state index < -0.39 is 12.1 Å². The van der Waals surface area contributed by atoms with Gasteiger partial charge < -0.3 is 16.0 Å². The molecule has 0 spiro atoms. The first-order valence-corrected chi connectivity index (χ1v) is 8.97. The number of hydrogen-bond donors (Lipinski definition) is 3. The highest BCUT2D eigenvalue weighted by molar-refractivity contribution is 6.00. The van der Waals surface area contributed by atoms with E-state index in [4.69, 9.17) is 0 Å². The van der Waals surface area contributed by atoms with Gasteiger partial charge in [0, 0.05) is 12.1 Å². The Labute approximate surface area is 158 Å². The first-order valence-electron chi connectivity index (χ1n) is 8.97. The third-order valence-corrected chi connectivity index (χ3v) is 4.72. The SMILES string of the molecule is Cc1cccc(C)c1NC(=O)[C@@H](NC(=O)[C@H]1CCC(=O)N1)c1ccccc1. The first kappa shape index (κ1) is 18.6. The summed E-state index contributed by atoms with van der Waals surface area (Å²) in [5.41, 5.74) is 3.32. The van der Waals surface area contributed by atoms with E-state index in [1.807, 2.05) is 50.2 Å². The monoisotopic (exact) mass is 365 g/mol. The topological polar surface area (TPSA) is 87.3 Å². The van der Waals surface area contributed by atoms with Crippen molar-refractivity contribution in [2.24, 2.45) is 0 Å². The molecule has 0 bridgehead atoms. The van der Waals surface area contributed by atoms with E-state index in [9.17, 15) is 14.4 Å². The molecule has 2 aromatic carbocycles. The average molecular weight is 365 g/mol. The molecule has 1 aliphatic rings. The Morgan fingerprint density at radius 3 is 2.30 bits per heavy atom. The molecule has 1 heterocycles. The van der Waals surface area contributed by atoms with Gasteiger partial charge in [-0.25, -0.2) is 0 Å². The van der Waals surface area contributed by atoms with Crippen molar-refractivity contribution in [2.45, 2.75) is 38.8 Å². The van der Waals surface area contributed by atoms with Gasteiger partial charge in [0.1, 0.15) is 12.1 Å². The lowest BCUT2D eigenvalue weighted by molar-refractivity contribution is -0.128. The Hall–Kier alpha value is -3.15. The molecular formula is C21H23N3O3. The predicted molar refractivity (Wildman–Crippen MR) is 103 cm³/mol. The lowest BCUT2D eigenvalue weighted by atomic mass is 10.0. The van der Waals surface area contributed by atoms with Gasteiger partial charge in [-0.3, -0.25) is 14.4 Å². The van der Waals surface area contributed by atoms with Gasteiger partial charge >= 0.3 is 0 Å². The summed E-state index contributed by atoms with van der Waals surface area (Å²) in [5.74, 6) is -0.825. The molecule has 3 N–H and O–H groups in total. The summed E-state index contributed by atoms with van der Waals surface area (Å²) in [6, 6.07) is 13.4. The fourth-order valence-electron chi connectivity index (χ4n) is 3.21. The zero-order chi connectivity index (χ0) is 19.4. The molecule has 6 nitrogen and oxygen atoms in total. The maximum atomic E-state index is 13.0. The second kappa shape index (κ2) is 8.03. The van der Waals surface area contributed by atoms with Crippen LogP contribution >= 0.6 is 0 Å². The second-order valence-corrected chi connectivity index (χ2v) is 6.77. The largest absolute Gasteiger partial charge is 0.344 e. The van der Waals surface area contributed by atoms with Gasteiger partial charge in [0.05, 0.1) is 0 Å². The number of rotatable bonds is 5. The maximum absolute atomic E-state index is 13.0. The molecule has 1 saturated heterocycles. The van der Waals surface area contributed by atoms with E-state index in [-0.39, 0.29) is 17.7 Å². The van der Waals surface area contributed by atoms with Gasteiger partial charge in [-0.15, -0.1) is 0 Å². The second-order valence-electron chi connectivity index (χ2n) is 6.77. The van der Waals surface area contributed by atoms with Crippen molar-refractivity contribution in [3.05, 3.63) is 65.2 Å². The summed E-state index contributed by atoms with van der Waals surface area (Å²) in [6.45, 7) is 3.85. The average Bonchev–Trinajstić information content (AvgIpc) is 3.10. The van der Waals surface area contributed by atoms with Gasteiger partial charge in [-0.05, 0) is 37.0 Å². The summed E-state index contributed by atoms with van der Waals surface area (Å²) >= 11 is 0. The van der Waals surface area contributed by atoms with E-state index >= 15 is 0 Å². The number of benzene rings is 2. The highest BCUT2D eigenvalue weighted by Gasteiger charge is 2.31. The van der Waals surface area contributed by atoms with Crippen molar-refractivity contribution in [3.8, 4) is 0 Å². The quantitative estimate of drug-likeness (QED) is 0.760. The minimum absolute atomic E-state index is 0.147. The van der Waals surface area contributed by atoms with Crippen LogP contribution in [0.15, 0.2) is 48.5 Å². The van der Waals surface area contributed by atoms with Crippen LogP contribution in [0, 0.1) is 13.8 Å². The number of aryl methyl sites for hydroxylation is 2. The van der Waals surface area contributed by atoms with E-state index in [2.05, 4.69) is 16.0 Å². The highest BCUT2D eigenvalue weighted by Crippen LogP contribution is 2.22. The predicted octanol–water partition coefficient (Wildman–Crippen LogP) is 2.38. The molecule has 1 aliphatic heterocycles. The third kappa shape index (κ3) is 4.34. The molecular weight excluding hydrogens is 342 g/mol. The molecule has 0 aromatic heterocycles. The van der Waals surface area contributed by atoms with Gasteiger partial charge in [0.15, 0.2) is 0 Å². The summed E-state index contributed by atoms with van der Waals surface area (Å²) in [4.78, 5) is 37.0. The number of para-hydroxylation sites is 1. The smallest absolute Gasteiger partial charge is 0.251 e. The number of carbonyl (C=O) groups excluding carboxylic acids is 3. The van der Waals surface area contributed by atoms with Crippen LogP contribution in [0.5, 0.6) is 0 Å². The van der Waals surface area contributed by atoms with Crippen LogP contribution in [0.3, 0.4) is 0 Å². The van der Waals surface area contributed by atoms with Gasteiger partial charge in [-0.1, -0.05) is 48.5 Å². The fraction of sp³-hybridized carbons (Fsp3) is 0.286. The van der Waals surface area contributed by atoms with Crippen molar-refractivity contribution < 1.29 is 14.4 Å². The van der Waals surface area contributed by atoms with Crippen LogP contribution in [0.25, 0.3) is 0 Å². The number of anilines is 1. The van der Waals surface area contributed by atoms with Crippen LogP contribution in [0.4, 0.5) is 5.69 Å². The molecule has 3 amide bonds. The van der Waals surface area contributed by atoms with Crippen molar-refractivity contribution in [1.82, 2.24) is 10.6 Å². The molecule has 0 aliphatic carbocycles. The summed E-state index contributed by atoms with van der Waals surface area (Å²) in [7, 11) is 0. The van der Waals surface area contributed by atoms with Gasteiger partial charge in [0.25, 0.3) is 5.91 Å². The van der Waals surface area contributed by atoms with Gasteiger partial charge in [-0.2, -0.15) is 0 Å². The van der Waals surface area contributed by atoms with Crippen molar-refractivity contribution in [2.75, 3.05) is 5.32 Å². The standard InChI is InChI=1S/C21H23N3O3/c1-13-7-6-8-14(2)18(13)23-21(27)19(15-9-4-3-5-10-15)24-20(26)16-11-12-17(25)22-16/h3-10,16,19H,11-12H2,1-2H3,(H,22,25)(H,23,27)(H,24,26)/t16-,19+/m1/s1. The molecule has 2 atom stereocenters. The molecule has 3 rings (SSSR count). The number of amides is 3. The lowest BCUT2D eigenvalue weighted by Gasteiger charge is -2.22. The maximum Gasteiger partial charge on any atom is 0.251 e. The molecule has 140 valence electrons. The Kier molecular flexibility index (Phi) is 5.54. The van der Waals surface area contributed by atoms with Crippen molar-refractivity contribution in [3.63, 3.8) is 0 Å². The van der Waals surface area contributed by atoms with E-state index in [1.165, 1.54) is 0 Å². The van der Waals surface area contributed by atoms with Gasteiger partial charge in [0.2, 0.25) is 11.8 Å². The molecule has 0 saturated carbocycles. The summed E-state index contributed by atoms with van der Waals surface area (Å²) in [5, 5.41) is 8.36. The fourth-order valence-corrected chi connectivity index (χ4v) is 3.21. The molecule has 27 heavy (non-hydrogen) atoms. The number of nitrogens with one attached hydrogen (secondary N) is 3. The summed E-state index contributed by atoms with van der Waals surface area (Å²) < 4.78 is 0. The zero-order valence-electron chi connectivity index (χ0n) is 15.4. The first-order chi connectivity index (χ1) is 13.0. The molecule has 0 radical (unpaired) electrons. The highest BCUT2D eigenvalue weighted by atomic mass is 16.2. The molecule has 2 aromatic rings. The number of carbonyl (C=O) groups is 3. The van der Waals surface area contributed by atoms with Crippen LogP contribution < -0.4 is 16.0 Å². The zero-order valence-corrected chi connectivity index (χ0v) is 15.4. The minimum atomic E-state index is -0.852.